The molecule has 0 bridgehead atoms. The summed E-state index contributed by atoms with van der Waals surface area (Å²) in [5.41, 5.74) is 4.68. The number of hydrogen-bond donors (Lipinski definition) is 2. The number of oxime groups is 1. The average molecular weight is 561 g/mol. The number of halogens is 1. The van der Waals surface area contributed by atoms with Crippen LogP contribution < -0.4 is 4.90 Å². The molecule has 1 aromatic carbocycles. The number of ether oxygens (including phenoxy) is 1. The largest absolute Gasteiger partial charge is 0.411 e. The number of aliphatic hydroxyl groups excluding tert-OH is 1. The van der Waals surface area contributed by atoms with Crippen LogP contribution >= 0.6 is 0 Å². The molecule has 1 heterocycles. The van der Waals surface area contributed by atoms with E-state index in [1.54, 1.807) is 6.08 Å². The van der Waals surface area contributed by atoms with Gasteiger partial charge in [0.05, 0.1) is 24.3 Å². The van der Waals surface area contributed by atoms with Crippen LogP contribution in [-0.4, -0.2) is 60.9 Å². The topological polar surface area (TPSA) is 82.4 Å². The molecule has 3 fully saturated rings. The average Bonchev–Trinajstić information content (AvgIpc) is 3.32. The summed E-state index contributed by atoms with van der Waals surface area (Å²) in [6.07, 6.45) is 4.85. The first kappa shape index (κ1) is 28.2. The number of alkyl halides is 1. The first-order valence-corrected chi connectivity index (χ1v) is 15.2. The van der Waals surface area contributed by atoms with Gasteiger partial charge in [-0.05, 0) is 90.7 Å². The zero-order valence-corrected chi connectivity index (χ0v) is 24.2. The van der Waals surface area contributed by atoms with E-state index in [1.807, 2.05) is 6.92 Å². The van der Waals surface area contributed by atoms with Crippen LogP contribution in [0.5, 0.6) is 0 Å². The standard InChI is InChI=1S/C34H41FN2O4/c1-3-31(39)34(12-4-16-38)13-11-29-27-20-30(35)26-19-23(36-40)7-10-25(26)32(27)28(21-33(29,34)2)22-5-8-24(9-6-22)37-14-17-41-18-15-37/h5-6,8-9,19,27-30,38,40H,3,7,10-11,13-18,20-21H2,1-2H3/b36-23+/t27-,28+,29-,30?,33-,34+/m0/s1. The van der Waals surface area contributed by atoms with E-state index in [-0.39, 0.29) is 30.1 Å². The minimum atomic E-state index is -1.14. The monoisotopic (exact) mass is 560 g/mol. The molecular formula is C34H41FN2O4. The first-order valence-electron chi connectivity index (χ1n) is 15.2. The maximum absolute atomic E-state index is 16.0. The van der Waals surface area contributed by atoms with E-state index in [0.717, 1.165) is 44.7 Å². The van der Waals surface area contributed by atoms with Gasteiger partial charge in [0.1, 0.15) is 12.8 Å². The third-order valence-corrected chi connectivity index (χ3v) is 10.9. The molecule has 41 heavy (non-hydrogen) atoms. The van der Waals surface area contributed by atoms with Crippen molar-refractivity contribution in [2.24, 2.45) is 27.8 Å². The van der Waals surface area contributed by atoms with Crippen molar-refractivity contribution in [3.8, 4) is 11.8 Å². The first-order chi connectivity index (χ1) is 19.9. The second-order valence-corrected chi connectivity index (χ2v) is 12.6. The second kappa shape index (κ2) is 11.0. The van der Waals surface area contributed by atoms with Gasteiger partial charge in [0.2, 0.25) is 0 Å². The molecule has 7 heteroatoms. The van der Waals surface area contributed by atoms with Crippen molar-refractivity contribution in [1.82, 2.24) is 0 Å². The van der Waals surface area contributed by atoms with Crippen molar-refractivity contribution in [2.45, 2.75) is 70.9 Å². The number of carbonyl (C=O) groups excluding carboxylic acids is 1. The molecule has 218 valence electrons. The molecule has 0 amide bonds. The van der Waals surface area contributed by atoms with Gasteiger partial charge in [-0.2, -0.15) is 0 Å². The van der Waals surface area contributed by atoms with Gasteiger partial charge in [-0.15, -0.1) is 0 Å². The highest BCUT2D eigenvalue weighted by Crippen LogP contribution is 2.70. The van der Waals surface area contributed by atoms with E-state index in [4.69, 9.17) is 4.74 Å². The van der Waals surface area contributed by atoms with Crippen molar-refractivity contribution in [3.63, 3.8) is 0 Å². The normalized spacial score (nSPS) is 35.7. The molecule has 0 spiro atoms. The van der Waals surface area contributed by atoms with Crippen molar-refractivity contribution in [1.29, 1.82) is 0 Å². The smallest absolute Gasteiger partial charge is 0.151 e. The number of fused-ring (bicyclic) bond motifs is 4. The van der Waals surface area contributed by atoms with Crippen LogP contribution in [0.15, 0.2) is 52.2 Å². The van der Waals surface area contributed by atoms with Gasteiger partial charge in [-0.3, -0.25) is 4.79 Å². The predicted molar refractivity (Wildman–Crippen MR) is 157 cm³/mol. The molecule has 1 saturated heterocycles. The summed E-state index contributed by atoms with van der Waals surface area (Å²) in [7, 11) is 0. The fourth-order valence-corrected chi connectivity index (χ4v) is 9.01. The molecule has 1 aliphatic heterocycles. The maximum Gasteiger partial charge on any atom is 0.151 e. The third kappa shape index (κ3) is 4.46. The summed E-state index contributed by atoms with van der Waals surface area (Å²) in [5, 5.41) is 22.5. The number of benzene rings is 1. The highest BCUT2D eigenvalue weighted by molar-refractivity contribution is 5.97. The van der Waals surface area contributed by atoms with Crippen LogP contribution in [0.1, 0.15) is 70.3 Å². The number of nitrogens with zero attached hydrogens (tertiary/aromatic N) is 2. The van der Waals surface area contributed by atoms with Crippen molar-refractivity contribution in [3.05, 3.63) is 52.6 Å². The number of aliphatic hydroxyl groups is 1. The number of ketones is 1. The van der Waals surface area contributed by atoms with Crippen LogP contribution in [0, 0.1) is 34.5 Å². The molecule has 6 rings (SSSR count). The zero-order chi connectivity index (χ0) is 28.8. The van der Waals surface area contributed by atoms with E-state index in [1.165, 1.54) is 16.8 Å². The van der Waals surface area contributed by atoms with E-state index in [9.17, 15) is 15.1 Å². The lowest BCUT2D eigenvalue weighted by molar-refractivity contribution is -0.132. The molecule has 6 atom stereocenters. The Bertz CT molecular complexity index is 1350. The molecule has 1 unspecified atom stereocenters. The minimum Gasteiger partial charge on any atom is -0.411 e. The Morgan fingerprint density at radius 1 is 1.22 bits per heavy atom. The minimum absolute atomic E-state index is 0.00916. The highest BCUT2D eigenvalue weighted by Gasteiger charge is 2.65. The summed E-state index contributed by atoms with van der Waals surface area (Å²) in [6, 6.07) is 8.81. The number of hydrogen-bond acceptors (Lipinski definition) is 6. The predicted octanol–water partition coefficient (Wildman–Crippen LogP) is 5.59. The molecule has 4 aliphatic carbocycles. The second-order valence-electron chi connectivity index (χ2n) is 12.6. The molecule has 1 aromatic rings. The Balaban J connectivity index is 1.50. The van der Waals surface area contributed by atoms with Crippen molar-refractivity contribution in [2.75, 3.05) is 37.8 Å². The van der Waals surface area contributed by atoms with Crippen LogP contribution in [0.2, 0.25) is 0 Å². The van der Waals surface area contributed by atoms with Crippen LogP contribution in [0.4, 0.5) is 10.1 Å². The molecule has 5 aliphatic rings. The van der Waals surface area contributed by atoms with Crippen LogP contribution in [0.25, 0.3) is 0 Å². The van der Waals surface area contributed by atoms with Gasteiger partial charge < -0.3 is 20.0 Å². The Labute approximate surface area is 242 Å². The molecule has 0 radical (unpaired) electrons. The van der Waals surface area contributed by atoms with Gasteiger partial charge in [-0.25, -0.2) is 4.39 Å². The number of rotatable bonds is 4. The lowest BCUT2D eigenvalue weighted by Gasteiger charge is -2.55. The maximum atomic E-state index is 16.0. The SMILES string of the molecule is CCC(=O)[C@@]1(C#CCO)CC[C@H]2[C@@H]3CC(F)C4=C/C(=N/O)CCC4=C3[C@@H](c3ccc(N4CCOCC4)cc3)C[C@@]21C. The van der Waals surface area contributed by atoms with Gasteiger partial charge in [0, 0.05) is 31.1 Å². The van der Waals surface area contributed by atoms with E-state index in [2.05, 4.69) is 53.1 Å². The Hall–Kier alpha value is -2.95. The zero-order valence-electron chi connectivity index (χ0n) is 24.2. The number of Topliss-reactive ketones (excluding diaryl/α,β-unsaturated/α-hetero) is 1. The summed E-state index contributed by atoms with van der Waals surface area (Å²) in [4.78, 5) is 16.1. The molecule has 0 aromatic heterocycles. The number of allylic oxidation sites excluding steroid dienone is 4. The fraction of sp³-hybridized carbons (Fsp3) is 0.588. The molecule has 2 N–H and O–H groups in total. The van der Waals surface area contributed by atoms with Crippen molar-refractivity contribution >= 4 is 17.2 Å². The van der Waals surface area contributed by atoms with Crippen LogP contribution in [0.3, 0.4) is 0 Å². The summed E-state index contributed by atoms with van der Waals surface area (Å²) in [6.45, 7) is 7.03. The Morgan fingerprint density at radius 2 is 1.98 bits per heavy atom. The van der Waals surface area contributed by atoms with E-state index >= 15 is 4.39 Å². The van der Waals surface area contributed by atoms with Gasteiger partial charge in [0.25, 0.3) is 0 Å². The summed E-state index contributed by atoms with van der Waals surface area (Å²) >= 11 is 0. The fourth-order valence-electron chi connectivity index (χ4n) is 9.01. The summed E-state index contributed by atoms with van der Waals surface area (Å²) in [5.74, 6) is 6.48. The van der Waals surface area contributed by atoms with Crippen LogP contribution in [-0.2, 0) is 9.53 Å². The van der Waals surface area contributed by atoms with E-state index in [0.29, 0.717) is 43.4 Å². The highest BCUT2D eigenvalue weighted by atomic mass is 19.1. The molecular weight excluding hydrogens is 519 g/mol. The molecule has 2 saturated carbocycles. The quantitative estimate of drug-likeness (QED) is 0.285. The number of carbonyl (C=O) groups is 1. The van der Waals surface area contributed by atoms with Gasteiger partial charge in [-0.1, -0.05) is 48.5 Å². The Kier molecular flexibility index (Phi) is 7.59. The lowest BCUT2D eigenvalue weighted by Crippen LogP contribution is -2.51. The number of anilines is 1. The molecule has 6 nitrogen and oxygen atoms in total. The Morgan fingerprint density at radius 3 is 2.66 bits per heavy atom. The third-order valence-electron chi connectivity index (χ3n) is 10.9. The summed E-state index contributed by atoms with van der Waals surface area (Å²) < 4.78 is 21.5. The van der Waals surface area contributed by atoms with Gasteiger partial charge in [0.15, 0.2) is 5.78 Å². The van der Waals surface area contributed by atoms with E-state index < -0.39 is 17.0 Å². The van der Waals surface area contributed by atoms with Gasteiger partial charge >= 0.3 is 0 Å². The van der Waals surface area contributed by atoms with Crippen molar-refractivity contribution < 1.29 is 24.2 Å². The lowest BCUT2D eigenvalue weighted by atomic mass is 9.48. The number of morpholine rings is 1.